The van der Waals surface area contributed by atoms with E-state index >= 15 is 0 Å². The maximum Gasteiger partial charge on any atom is 0.155 e. The van der Waals surface area contributed by atoms with Gasteiger partial charge in [-0.3, -0.25) is 4.79 Å². The highest BCUT2D eigenvalue weighted by Crippen LogP contribution is 2.29. The molecule has 0 bridgehead atoms. The standard InChI is InChI=1S/C12H20O/c1-9-4-6-12(7-5-9)8-10(2)11(3)13/h8-9,12H,4-7H2,1-3H3/b10-8-. The van der Waals surface area contributed by atoms with Crippen LogP contribution in [-0.2, 0) is 4.79 Å². The number of carbonyl (C=O) groups excluding carboxylic acids is 1. The molecule has 1 saturated carbocycles. The number of hydrogen-bond acceptors (Lipinski definition) is 1. The molecule has 0 unspecified atom stereocenters. The van der Waals surface area contributed by atoms with Gasteiger partial charge in [-0.1, -0.05) is 25.8 Å². The largest absolute Gasteiger partial charge is 0.295 e. The van der Waals surface area contributed by atoms with Crippen LogP contribution in [0, 0.1) is 11.8 Å². The van der Waals surface area contributed by atoms with Crippen molar-refractivity contribution in [2.24, 2.45) is 11.8 Å². The van der Waals surface area contributed by atoms with Crippen LogP contribution < -0.4 is 0 Å². The van der Waals surface area contributed by atoms with Crippen molar-refractivity contribution in [2.45, 2.75) is 46.5 Å². The van der Waals surface area contributed by atoms with Crippen molar-refractivity contribution in [3.8, 4) is 0 Å². The van der Waals surface area contributed by atoms with Gasteiger partial charge in [-0.2, -0.15) is 0 Å². The molecule has 0 radical (unpaired) electrons. The summed E-state index contributed by atoms with van der Waals surface area (Å²) in [6.07, 6.45) is 7.37. The first-order valence-corrected chi connectivity index (χ1v) is 5.29. The van der Waals surface area contributed by atoms with Crippen molar-refractivity contribution in [3.05, 3.63) is 11.6 Å². The Morgan fingerprint density at radius 1 is 1.15 bits per heavy atom. The Morgan fingerprint density at radius 2 is 1.69 bits per heavy atom. The predicted octanol–water partition coefficient (Wildman–Crippen LogP) is 3.35. The minimum absolute atomic E-state index is 0.221. The van der Waals surface area contributed by atoms with Crippen molar-refractivity contribution in [1.82, 2.24) is 0 Å². The topological polar surface area (TPSA) is 17.1 Å². The third-order valence-electron chi connectivity index (χ3n) is 3.10. The zero-order valence-corrected chi connectivity index (χ0v) is 8.97. The molecule has 13 heavy (non-hydrogen) atoms. The van der Waals surface area contributed by atoms with Gasteiger partial charge in [-0.25, -0.2) is 0 Å². The minimum atomic E-state index is 0.221. The van der Waals surface area contributed by atoms with Crippen molar-refractivity contribution >= 4 is 5.78 Å². The van der Waals surface area contributed by atoms with Crippen LogP contribution in [0.3, 0.4) is 0 Å². The number of ketones is 1. The Bertz CT molecular complexity index is 207. The highest BCUT2D eigenvalue weighted by atomic mass is 16.1. The van der Waals surface area contributed by atoms with E-state index < -0.39 is 0 Å². The van der Waals surface area contributed by atoms with Crippen molar-refractivity contribution in [1.29, 1.82) is 0 Å². The Balaban J connectivity index is 2.46. The van der Waals surface area contributed by atoms with Crippen LogP contribution in [0.25, 0.3) is 0 Å². The summed E-state index contributed by atoms with van der Waals surface area (Å²) in [5.41, 5.74) is 0.944. The number of hydrogen-bond donors (Lipinski definition) is 0. The van der Waals surface area contributed by atoms with E-state index in [9.17, 15) is 4.79 Å². The maximum atomic E-state index is 11.0. The third-order valence-corrected chi connectivity index (χ3v) is 3.10. The lowest BCUT2D eigenvalue weighted by Gasteiger charge is -2.24. The minimum Gasteiger partial charge on any atom is -0.295 e. The van der Waals surface area contributed by atoms with Crippen LogP contribution >= 0.6 is 0 Å². The van der Waals surface area contributed by atoms with E-state index in [0.717, 1.165) is 11.5 Å². The summed E-state index contributed by atoms with van der Waals surface area (Å²) in [6.45, 7) is 5.90. The second-order valence-electron chi connectivity index (χ2n) is 4.43. The summed E-state index contributed by atoms with van der Waals surface area (Å²) in [7, 11) is 0. The number of carbonyl (C=O) groups is 1. The lowest BCUT2D eigenvalue weighted by atomic mass is 9.82. The monoisotopic (exact) mass is 180 g/mol. The fraction of sp³-hybridized carbons (Fsp3) is 0.750. The Morgan fingerprint density at radius 3 is 2.15 bits per heavy atom. The average molecular weight is 180 g/mol. The predicted molar refractivity (Wildman–Crippen MR) is 55.6 cm³/mol. The van der Waals surface area contributed by atoms with Crippen molar-refractivity contribution in [2.75, 3.05) is 0 Å². The zero-order chi connectivity index (χ0) is 9.84. The lowest BCUT2D eigenvalue weighted by Crippen LogP contribution is -2.11. The van der Waals surface area contributed by atoms with Gasteiger partial charge in [0.1, 0.15) is 0 Å². The Kier molecular flexibility index (Phi) is 3.71. The van der Waals surface area contributed by atoms with E-state index in [4.69, 9.17) is 0 Å². The smallest absolute Gasteiger partial charge is 0.155 e. The quantitative estimate of drug-likeness (QED) is 0.596. The molecular formula is C12H20O. The first-order valence-electron chi connectivity index (χ1n) is 5.29. The summed E-state index contributed by atoms with van der Waals surface area (Å²) in [5, 5.41) is 0. The molecule has 0 saturated heterocycles. The molecule has 0 amide bonds. The fourth-order valence-corrected chi connectivity index (χ4v) is 1.92. The van der Waals surface area contributed by atoms with Crippen LogP contribution in [0.2, 0.25) is 0 Å². The molecule has 0 heterocycles. The molecule has 1 rings (SSSR count). The molecule has 1 nitrogen and oxygen atoms in total. The van der Waals surface area contributed by atoms with E-state index in [1.54, 1.807) is 6.92 Å². The molecule has 1 fully saturated rings. The van der Waals surface area contributed by atoms with Gasteiger partial charge >= 0.3 is 0 Å². The number of allylic oxidation sites excluding steroid dienone is 2. The van der Waals surface area contributed by atoms with Gasteiger partial charge in [-0.15, -0.1) is 0 Å². The average Bonchev–Trinajstić information content (AvgIpc) is 2.08. The first kappa shape index (κ1) is 10.5. The Labute approximate surface area is 81.2 Å². The van der Waals surface area contributed by atoms with Gasteiger partial charge in [0.05, 0.1) is 0 Å². The molecule has 0 aromatic rings. The zero-order valence-electron chi connectivity index (χ0n) is 8.97. The molecule has 1 heteroatoms. The lowest BCUT2D eigenvalue weighted by molar-refractivity contribution is -0.113. The summed E-state index contributed by atoms with van der Waals surface area (Å²) in [5.74, 6) is 1.78. The first-order chi connectivity index (χ1) is 6.09. The highest BCUT2D eigenvalue weighted by molar-refractivity contribution is 5.92. The van der Waals surface area contributed by atoms with E-state index in [1.807, 2.05) is 6.92 Å². The summed E-state index contributed by atoms with van der Waals surface area (Å²) >= 11 is 0. The number of Topliss-reactive ketones (excluding diaryl/α,β-unsaturated/α-hetero) is 1. The molecule has 0 N–H and O–H groups in total. The third kappa shape index (κ3) is 3.33. The molecule has 0 aromatic carbocycles. The van der Waals surface area contributed by atoms with Crippen LogP contribution in [-0.4, -0.2) is 5.78 Å². The van der Waals surface area contributed by atoms with E-state index in [-0.39, 0.29) is 5.78 Å². The van der Waals surface area contributed by atoms with Gasteiger partial charge in [0.2, 0.25) is 0 Å². The summed E-state index contributed by atoms with van der Waals surface area (Å²) in [6, 6.07) is 0. The summed E-state index contributed by atoms with van der Waals surface area (Å²) in [4.78, 5) is 11.0. The van der Waals surface area contributed by atoms with Gasteiger partial charge in [0.25, 0.3) is 0 Å². The summed E-state index contributed by atoms with van der Waals surface area (Å²) < 4.78 is 0. The SMILES string of the molecule is CC(=O)/C(C)=C\C1CCC(C)CC1. The van der Waals surface area contributed by atoms with Crippen LogP contribution in [0.15, 0.2) is 11.6 Å². The normalized spacial score (nSPS) is 30.2. The molecule has 0 atom stereocenters. The van der Waals surface area contributed by atoms with Gasteiger partial charge in [0, 0.05) is 0 Å². The van der Waals surface area contributed by atoms with Crippen molar-refractivity contribution in [3.63, 3.8) is 0 Å². The van der Waals surface area contributed by atoms with Crippen LogP contribution in [0.5, 0.6) is 0 Å². The second-order valence-corrected chi connectivity index (χ2v) is 4.43. The van der Waals surface area contributed by atoms with Crippen LogP contribution in [0.1, 0.15) is 46.5 Å². The van der Waals surface area contributed by atoms with E-state index in [2.05, 4.69) is 13.0 Å². The molecular weight excluding hydrogens is 160 g/mol. The fourth-order valence-electron chi connectivity index (χ4n) is 1.92. The Hall–Kier alpha value is -0.590. The number of rotatable bonds is 2. The molecule has 0 aliphatic heterocycles. The second kappa shape index (κ2) is 4.59. The molecule has 1 aliphatic rings. The van der Waals surface area contributed by atoms with Gasteiger partial charge in [-0.05, 0) is 44.1 Å². The van der Waals surface area contributed by atoms with Crippen LogP contribution in [0.4, 0.5) is 0 Å². The highest BCUT2D eigenvalue weighted by Gasteiger charge is 2.16. The van der Waals surface area contributed by atoms with E-state index in [0.29, 0.717) is 5.92 Å². The maximum absolute atomic E-state index is 11.0. The molecule has 74 valence electrons. The van der Waals surface area contributed by atoms with Crippen molar-refractivity contribution < 1.29 is 4.79 Å². The van der Waals surface area contributed by atoms with E-state index in [1.165, 1.54) is 25.7 Å². The molecule has 0 spiro atoms. The van der Waals surface area contributed by atoms with Gasteiger partial charge < -0.3 is 0 Å². The molecule has 0 aromatic heterocycles. The molecule has 1 aliphatic carbocycles. The van der Waals surface area contributed by atoms with Gasteiger partial charge in [0.15, 0.2) is 5.78 Å².